The number of hydrogen-bond acceptors (Lipinski definition) is 3. The van der Waals surface area contributed by atoms with Crippen LogP contribution in [0.15, 0.2) is 54.6 Å². The van der Waals surface area contributed by atoms with Gasteiger partial charge in [-0.2, -0.15) is 0 Å². The van der Waals surface area contributed by atoms with Crippen LogP contribution in [-0.2, 0) is 11.3 Å². The zero-order valence-electron chi connectivity index (χ0n) is 12.9. The van der Waals surface area contributed by atoms with Crippen molar-refractivity contribution < 1.29 is 14.3 Å². The van der Waals surface area contributed by atoms with Crippen LogP contribution in [0.25, 0.3) is 0 Å². The molecule has 4 nitrogen and oxygen atoms in total. The molecule has 1 saturated heterocycles. The molecule has 0 aliphatic carbocycles. The van der Waals surface area contributed by atoms with Gasteiger partial charge in [0.25, 0.3) is 5.91 Å². The summed E-state index contributed by atoms with van der Waals surface area (Å²) in [5.74, 6) is 0.403. The van der Waals surface area contributed by atoms with Crippen LogP contribution in [-0.4, -0.2) is 29.7 Å². The predicted molar refractivity (Wildman–Crippen MR) is 86.2 cm³/mol. The molecular formula is C19H19NO3. The van der Waals surface area contributed by atoms with E-state index in [1.54, 1.807) is 0 Å². The molecule has 4 heteroatoms. The van der Waals surface area contributed by atoms with Crippen LogP contribution in [0.4, 0.5) is 0 Å². The minimum Gasteiger partial charge on any atom is -0.462 e. The molecule has 2 aromatic carbocycles. The van der Waals surface area contributed by atoms with Gasteiger partial charge in [0.1, 0.15) is 5.75 Å². The molecule has 1 spiro atoms. The lowest BCUT2D eigenvalue weighted by atomic mass is 10.0. The molecule has 118 valence electrons. The zero-order valence-corrected chi connectivity index (χ0v) is 12.9. The largest absolute Gasteiger partial charge is 0.462 e. The van der Waals surface area contributed by atoms with E-state index >= 15 is 0 Å². The summed E-state index contributed by atoms with van der Waals surface area (Å²) in [7, 11) is 0. The van der Waals surface area contributed by atoms with Crippen molar-refractivity contribution in [3.8, 4) is 5.75 Å². The fourth-order valence-electron chi connectivity index (χ4n) is 3.22. The Labute approximate surface area is 135 Å². The number of hydrogen-bond donors (Lipinski definition) is 0. The van der Waals surface area contributed by atoms with E-state index in [1.165, 1.54) is 0 Å². The van der Waals surface area contributed by atoms with Crippen molar-refractivity contribution in [3.63, 3.8) is 0 Å². The van der Waals surface area contributed by atoms with Gasteiger partial charge in [0.15, 0.2) is 0 Å². The van der Waals surface area contributed by atoms with Gasteiger partial charge in [0.05, 0.1) is 6.61 Å². The lowest BCUT2D eigenvalue weighted by Crippen LogP contribution is -2.52. The number of benzene rings is 2. The van der Waals surface area contributed by atoms with E-state index in [9.17, 15) is 4.79 Å². The fraction of sp³-hybridized carbons (Fsp3) is 0.316. The molecule has 1 amide bonds. The highest BCUT2D eigenvalue weighted by atomic mass is 16.7. The maximum Gasteiger partial charge on any atom is 0.253 e. The van der Waals surface area contributed by atoms with Crippen molar-refractivity contribution in [2.24, 2.45) is 0 Å². The van der Waals surface area contributed by atoms with Crippen LogP contribution in [0.3, 0.4) is 0 Å². The maximum absolute atomic E-state index is 12.5. The lowest BCUT2D eigenvalue weighted by molar-refractivity contribution is -0.225. The third-order valence-corrected chi connectivity index (χ3v) is 4.59. The SMILES string of the molecule is O=C(c1ccccc1)N1CCC2(CC1)OCc1ccccc1O2. The summed E-state index contributed by atoms with van der Waals surface area (Å²) in [6, 6.07) is 17.4. The van der Waals surface area contributed by atoms with E-state index in [4.69, 9.17) is 9.47 Å². The van der Waals surface area contributed by atoms with Crippen LogP contribution < -0.4 is 4.74 Å². The molecule has 4 rings (SSSR count). The first-order chi connectivity index (χ1) is 11.3. The third-order valence-electron chi connectivity index (χ3n) is 4.59. The molecule has 0 saturated carbocycles. The number of likely N-dealkylation sites (tertiary alicyclic amines) is 1. The first-order valence-corrected chi connectivity index (χ1v) is 8.01. The number of ether oxygens (including phenoxy) is 2. The average Bonchev–Trinajstić information content (AvgIpc) is 2.62. The molecule has 0 atom stereocenters. The third kappa shape index (κ3) is 2.70. The number of carbonyl (C=O) groups is 1. The van der Waals surface area contributed by atoms with Crippen LogP contribution in [0, 0.1) is 0 Å². The second-order valence-corrected chi connectivity index (χ2v) is 6.07. The van der Waals surface area contributed by atoms with E-state index in [2.05, 4.69) is 0 Å². The molecular weight excluding hydrogens is 290 g/mol. The average molecular weight is 309 g/mol. The Morgan fingerprint density at radius 3 is 2.43 bits per heavy atom. The number of fused-ring (bicyclic) bond motifs is 1. The van der Waals surface area contributed by atoms with Gasteiger partial charge < -0.3 is 14.4 Å². The fourth-order valence-corrected chi connectivity index (χ4v) is 3.22. The molecule has 2 aromatic rings. The highest BCUT2D eigenvalue weighted by Crippen LogP contribution is 2.37. The maximum atomic E-state index is 12.5. The molecule has 0 bridgehead atoms. The van der Waals surface area contributed by atoms with Gasteiger partial charge in [-0.3, -0.25) is 4.79 Å². The standard InChI is InChI=1S/C19H19NO3/c21-18(15-6-2-1-3-7-15)20-12-10-19(11-13-20)22-14-16-8-4-5-9-17(16)23-19/h1-9H,10-14H2. The number of nitrogens with zero attached hydrogens (tertiary/aromatic N) is 1. The zero-order chi connectivity index (χ0) is 15.7. The van der Waals surface area contributed by atoms with Gasteiger partial charge in [0, 0.05) is 37.1 Å². The second kappa shape index (κ2) is 5.70. The number of carbonyl (C=O) groups excluding carboxylic acids is 1. The Kier molecular flexibility index (Phi) is 3.54. The van der Waals surface area contributed by atoms with Gasteiger partial charge in [-0.25, -0.2) is 0 Å². The Hall–Kier alpha value is -2.33. The summed E-state index contributed by atoms with van der Waals surface area (Å²) in [6.07, 6.45) is 1.39. The van der Waals surface area contributed by atoms with E-state index < -0.39 is 5.79 Å². The Morgan fingerprint density at radius 1 is 0.957 bits per heavy atom. The van der Waals surface area contributed by atoms with E-state index in [0.29, 0.717) is 32.5 Å². The van der Waals surface area contributed by atoms with Crippen molar-refractivity contribution >= 4 is 5.91 Å². The van der Waals surface area contributed by atoms with Gasteiger partial charge in [-0.15, -0.1) is 0 Å². The molecule has 2 aliphatic heterocycles. The smallest absolute Gasteiger partial charge is 0.253 e. The quantitative estimate of drug-likeness (QED) is 0.812. The van der Waals surface area contributed by atoms with Crippen LogP contribution >= 0.6 is 0 Å². The number of rotatable bonds is 1. The molecule has 23 heavy (non-hydrogen) atoms. The Bertz CT molecular complexity index is 706. The number of piperidine rings is 1. The van der Waals surface area contributed by atoms with Crippen molar-refractivity contribution in [1.82, 2.24) is 4.90 Å². The Balaban J connectivity index is 1.45. The monoisotopic (exact) mass is 309 g/mol. The van der Waals surface area contributed by atoms with Crippen molar-refractivity contribution in [2.75, 3.05) is 13.1 Å². The minimum absolute atomic E-state index is 0.0802. The van der Waals surface area contributed by atoms with Crippen molar-refractivity contribution in [2.45, 2.75) is 25.2 Å². The molecule has 1 fully saturated rings. The number of amides is 1. The molecule has 2 aliphatic rings. The molecule has 0 aromatic heterocycles. The highest BCUT2D eigenvalue weighted by molar-refractivity contribution is 5.94. The summed E-state index contributed by atoms with van der Waals surface area (Å²) >= 11 is 0. The Morgan fingerprint density at radius 2 is 1.65 bits per heavy atom. The summed E-state index contributed by atoms with van der Waals surface area (Å²) < 4.78 is 12.1. The van der Waals surface area contributed by atoms with Crippen LogP contribution in [0.1, 0.15) is 28.8 Å². The van der Waals surface area contributed by atoms with Crippen LogP contribution in [0.2, 0.25) is 0 Å². The molecule has 0 radical (unpaired) electrons. The first kappa shape index (κ1) is 14.3. The summed E-state index contributed by atoms with van der Waals surface area (Å²) in [4.78, 5) is 14.4. The minimum atomic E-state index is -0.582. The summed E-state index contributed by atoms with van der Waals surface area (Å²) in [6.45, 7) is 1.87. The van der Waals surface area contributed by atoms with E-state index in [-0.39, 0.29) is 5.91 Å². The van der Waals surface area contributed by atoms with Gasteiger partial charge in [0.2, 0.25) is 5.79 Å². The molecule has 0 N–H and O–H groups in total. The summed E-state index contributed by atoms with van der Waals surface area (Å²) in [5.41, 5.74) is 1.82. The van der Waals surface area contributed by atoms with E-state index in [0.717, 1.165) is 16.9 Å². The first-order valence-electron chi connectivity index (χ1n) is 8.01. The topological polar surface area (TPSA) is 38.8 Å². The molecule has 0 unspecified atom stereocenters. The molecule has 2 heterocycles. The predicted octanol–water partition coefficient (Wildman–Crippen LogP) is 3.23. The second-order valence-electron chi connectivity index (χ2n) is 6.07. The summed E-state index contributed by atoms with van der Waals surface area (Å²) in [5, 5.41) is 0. The normalized spacial score (nSPS) is 19.0. The van der Waals surface area contributed by atoms with Gasteiger partial charge in [-0.05, 0) is 18.2 Å². The van der Waals surface area contributed by atoms with Gasteiger partial charge in [-0.1, -0.05) is 36.4 Å². The lowest BCUT2D eigenvalue weighted by Gasteiger charge is -2.44. The van der Waals surface area contributed by atoms with Crippen molar-refractivity contribution in [3.05, 3.63) is 65.7 Å². The highest BCUT2D eigenvalue weighted by Gasteiger charge is 2.41. The van der Waals surface area contributed by atoms with E-state index in [1.807, 2.05) is 59.5 Å². The number of para-hydroxylation sites is 1. The van der Waals surface area contributed by atoms with Gasteiger partial charge >= 0.3 is 0 Å². The van der Waals surface area contributed by atoms with Crippen molar-refractivity contribution in [1.29, 1.82) is 0 Å². The van der Waals surface area contributed by atoms with Crippen LogP contribution in [0.5, 0.6) is 5.75 Å².